The maximum Gasteiger partial charge on any atom is 0.291 e. The number of carbonyl (C=O) groups excluding carboxylic acids is 2. The van der Waals surface area contributed by atoms with E-state index in [4.69, 9.17) is 4.42 Å². The molecule has 5 heteroatoms. The Morgan fingerprint density at radius 2 is 1.65 bits per heavy atom. The van der Waals surface area contributed by atoms with Gasteiger partial charge in [-0.1, -0.05) is 31.5 Å². The summed E-state index contributed by atoms with van der Waals surface area (Å²) in [6, 6.07) is 17.8. The largest absolute Gasteiger partial charge is 0.459 e. The van der Waals surface area contributed by atoms with Gasteiger partial charge in [0.15, 0.2) is 5.76 Å². The fraction of sp³-hybridized carbons (Fsp3) is 0.143. The van der Waals surface area contributed by atoms with Crippen molar-refractivity contribution in [1.82, 2.24) is 0 Å². The maximum atomic E-state index is 12.4. The first-order valence-electron chi connectivity index (χ1n) is 8.51. The van der Waals surface area contributed by atoms with Crippen molar-refractivity contribution in [2.75, 3.05) is 10.6 Å². The van der Waals surface area contributed by atoms with Gasteiger partial charge in [0.1, 0.15) is 0 Å². The van der Waals surface area contributed by atoms with Crippen molar-refractivity contribution in [3.63, 3.8) is 0 Å². The molecule has 0 spiro atoms. The third-order valence-electron chi connectivity index (χ3n) is 3.88. The van der Waals surface area contributed by atoms with Crippen LogP contribution in [-0.4, -0.2) is 11.8 Å². The van der Waals surface area contributed by atoms with Crippen molar-refractivity contribution in [3.8, 4) is 0 Å². The molecular weight excluding hydrogens is 328 g/mol. The normalized spacial score (nSPS) is 10.3. The molecule has 2 N–H and O–H groups in total. The molecule has 0 fully saturated rings. The quantitative estimate of drug-likeness (QED) is 0.676. The number of aryl methyl sites for hydroxylation is 1. The number of carbonyl (C=O) groups is 2. The molecule has 3 rings (SSSR count). The van der Waals surface area contributed by atoms with Gasteiger partial charge in [-0.2, -0.15) is 0 Å². The SMILES string of the molecule is CCCc1ccc(NC(=O)c2cccc(NC(=O)c3ccco3)c2)cc1. The third kappa shape index (κ3) is 4.39. The van der Waals surface area contributed by atoms with Crippen LogP contribution in [0.15, 0.2) is 71.3 Å². The Morgan fingerprint density at radius 3 is 2.35 bits per heavy atom. The molecule has 3 aromatic rings. The lowest BCUT2D eigenvalue weighted by molar-refractivity contribution is 0.0993. The van der Waals surface area contributed by atoms with Gasteiger partial charge >= 0.3 is 0 Å². The predicted octanol–water partition coefficient (Wildman–Crippen LogP) is 4.74. The number of hydrogen-bond donors (Lipinski definition) is 2. The Kier molecular flexibility index (Phi) is 5.49. The van der Waals surface area contributed by atoms with Gasteiger partial charge in [-0.25, -0.2) is 0 Å². The zero-order valence-corrected chi connectivity index (χ0v) is 14.5. The first-order valence-corrected chi connectivity index (χ1v) is 8.51. The number of amides is 2. The average Bonchev–Trinajstić information content (AvgIpc) is 3.19. The Labute approximate surface area is 152 Å². The van der Waals surface area contributed by atoms with Crippen LogP contribution in [-0.2, 0) is 6.42 Å². The lowest BCUT2D eigenvalue weighted by Gasteiger charge is -2.08. The summed E-state index contributed by atoms with van der Waals surface area (Å²) in [5.41, 5.74) is 2.96. The smallest absolute Gasteiger partial charge is 0.291 e. The molecule has 0 atom stereocenters. The van der Waals surface area contributed by atoms with Gasteiger partial charge in [0.25, 0.3) is 11.8 Å². The number of hydrogen-bond acceptors (Lipinski definition) is 3. The van der Waals surface area contributed by atoms with Crippen molar-refractivity contribution in [2.45, 2.75) is 19.8 Å². The summed E-state index contributed by atoms with van der Waals surface area (Å²) in [5, 5.41) is 5.58. The summed E-state index contributed by atoms with van der Waals surface area (Å²) in [4.78, 5) is 24.5. The second-order valence-corrected chi connectivity index (χ2v) is 5.91. The van der Waals surface area contributed by atoms with E-state index in [0.29, 0.717) is 11.3 Å². The van der Waals surface area contributed by atoms with Gasteiger partial charge in [-0.3, -0.25) is 9.59 Å². The highest BCUT2D eigenvalue weighted by Gasteiger charge is 2.11. The molecular formula is C21H20N2O3. The molecule has 0 aliphatic heterocycles. The number of nitrogens with one attached hydrogen (secondary N) is 2. The van der Waals surface area contributed by atoms with E-state index in [1.807, 2.05) is 24.3 Å². The lowest BCUT2D eigenvalue weighted by Crippen LogP contribution is -2.14. The molecule has 5 nitrogen and oxygen atoms in total. The predicted molar refractivity (Wildman–Crippen MR) is 101 cm³/mol. The van der Waals surface area contributed by atoms with Gasteiger partial charge in [0.2, 0.25) is 0 Å². The molecule has 0 saturated carbocycles. The minimum absolute atomic E-state index is 0.215. The Bertz CT molecular complexity index is 884. The number of furan rings is 1. The van der Waals surface area contributed by atoms with Crippen LogP contribution in [0.4, 0.5) is 11.4 Å². The molecule has 0 aliphatic rings. The van der Waals surface area contributed by atoms with Crippen molar-refractivity contribution >= 4 is 23.2 Å². The van der Waals surface area contributed by atoms with Crippen molar-refractivity contribution < 1.29 is 14.0 Å². The molecule has 132 valence electrons. The highest BCUT2D eigenvalue weighted by Crippen LogP contribution is 2.16. The fourth-order valence-electron chi connectivity index (χ4n) is 2.59. The van der Waals surface area contributed by atoms with Crippen molar-refractivity contribution in [1.29, 1.82) is 0 Å². The molecule has 26 heavy (non-hydrogen) atoms. The van der Waals surface area contributed by atoms with Gasteiger partial charge in [0, 0.05) is 16.9 Å². The van der Waals surface area contributed by atoms with Crippen LogP contribution in [0.2, 0.25) is 0 Å². The zero-order chi connectivity index (χ0) is 18.4. The van der Waals surface area contributed by atoms with E-state index in [2.05, 4.69) is 17.6 Å². The number of anilines is 2. The summed E-state index contributed by atoms with van der Waals surface area (Å²) in [5.74, 6) is -0.381. The molecule has 0 radical (unpaired) electrons. The van der Waals surface area contributed by atoms with Crippen molar-refractivity contribution in [3.05, 3.63) is 83.8 Å². The third-order valence-corrected chi connectivity index (χ3v) is 3.88. The van der Waals surface area contributed by atoms with E-state index >= 15 is 0 Å². The Balaban J connectivity index is 1.67. The first-order chi connectivity index (χ1) is 12.7. The standard InChI is InChI=1S/C21H20N2O3/c1-2-5-15-9-11-17(12-10-15)22-20(24)16-6-3-7-18(14-16)23-21(25)19-8-4-13-26-19/h3-4,6-14H,2,5H2,1H3,(H,22,24)(H,23,25). The van der Waals surface area contributed by atoms with Gasteiger partial charge < -0.3 is 15.1 Å². The van der Waals surface area contributed by atoms with Gasteiger partial charge in [-0.15, -0.1) is 0 Å². The summed E-state index contributed by atoms with van der Waals surface area (Å²) >= 11 is 0. The fourth-order valence-corrected chi connectivity index (χ4v) is 2.59. The maximum absolute atomic E-state index is 12.4. The van der Waals surface area contributed by atoms with E-state index in [1.165, 1.54) is 11.8 Å². The van der Waals surface area contributed by atoms with Crippen LogP contribution >= 0.6 is 0 Å². The van der Waals surface area contributed by atoms with Crippen LogP contribution in [0.3, 0.4) is 0 Å². The topological polar surface area (TPSA) is 71.3 Å². The summed E-state index contributed by atoms with van der Waals surface area (Å²) in [6.45, 7) is 2.13. The Morgan fingerprint density at radius 1 is 0.885 bits per heavy atom. The van der Waals surface area contributed by atoms with Crippen LogP contribution in [0.1, 0.15) is 39.8 Å². The van der Waals surface area contributed by atoms with E-state index in [-0.39, 0.29) is 17.6 Å². The second-order valence-electron chi connectivity index (χ2n) is 5.91. The zero-order valence-electron chi connectivity index (χ0n) is 14.5. The van der Waals surface area contributed by atoms with Crippen molar-refractivity contribution in [2.24, 2.45) is 0 Å². The monoisotopic (exact) mass is 348 g/mol. The second kappa shape index (κ2) is 8.16. The Hall–Kier alpha value is -3.34. The summed E-state index contributed by atoms with van der Waals surface area (Å²) < 4.78 is 5.06. The van der Waals surface area contributed by atoms with E-state index in [1.54, 1.807) is 36.4 Å². The molecule has 1 aromatic heterocycles. The molecule has 2 amide bonds. The molecule has 0 aliphatic carbocycles. The van der Waals surface area contributed by atoms with Crippen LogP contribution < -0.4 is 10.6 Å². The highest BCUT2D eigenvalue weighted by atomic mass is 16.3. The average molecular weight is 348 g/mol. The molecule has 0 saturated heterocycles. The number of benzene rings is 2. The van der Waals surface area contributed by atoms with Gasteiger partial charge in [0.05, 0.1) is 6.26 Å². The van der Waals surface area contributed by atoms with Crippen LogP contribution in [0.5, 0.6) is 0 Å². The lowest BCUT2D eigenvalue weighted by atomic mass is 10.1. The van der Waals surface area contributed by atoms with Crippen LogP contribution in [0.25, 0.3) is 0 Å². The van der Waals surface area contributed by atoms with E-state index < -0.39 is 0 Å². The molecule has 0 bridgehead atoms. The highest BCUT2D eigenvalue weighted by molar-refractivity contribution is 6.06. The minimum atomic E-state index is -0.362. The number of rotatable bonds is 6. The first kappa shape index (κ1) is 17.5. The molecule has 0 unspecified atom stereocenters. The summed E-state index contributed by atoms with van der Waals surface area (Å²) in [6.07, 6.45) is 3.54. The molecule has 1 heterocycles. The minimum Gasteiger partial charge on any atom is -0.459 e. The van der Waals surface area contributed by atoms with Crippen LogP contribution in [0, 0.1) is 0 Å². The summed E-state index contributed by atoms with van der Waals surface area (Å²) in [7, 11) is 0. The van der Waals surface area contributed by atoms with Gasteiger partial charge in [-0.05, 0) is 54.4 Å². The van der Waals surface area contributed by atoms with E-state index in [9.17, 15) is 9.59 Å². The molecule has 2 aromatic carbocycles. The van der Waals surface area contributed by atoms with E-state index in [0.717, 1.165) is 18.5 Å².